The number of aromatic hydroxyl groups is 1. The van der Waals surface area contributed by atoms with Gasteiger partial charge in [0, 0.05) is 0 Å². The molecule has 0 aliphatic carbocycles. The SMILES string of the molecule is CCOC(=O)c1sc2nc(/C=C/c3ccc(OC)c(O)c3)[nH]c(=O)c2c1C. The molecule has 0 aliphatic heterocycles. The van der Waals surface area contributed by atoms with Gasteiger partial charge in [-0.05, 0) is 43.2 Å². The van der Waals surface area contributed by atoms with Gasteiger partial charge >= 0.3 is 5.97 Å². The van der Waals surface area contributed by atoms with E-state index in [4.69, 9.17) is 9.47 Å². The number of nitrogens with zero attached hydrogens (tertiary/aromatic N) is 1. The molecule has 0 saturated carbocycles. The Morgan fingerprint density at radius 3 is 2.81 bits per heavy atom. The van der Waals surface area contributed by atoms with Gasteiger partial charge in [-0.3, -0.25) is 4.79 Å². The van der Waals surface area contributed by atoms with E-state index in [1.165, 1.54) is 7.11 Å². The van der Waals surface area contributed by atoms with Crippen LogP contribution in [0.4, 0.5) is 0 Å². The molecular formula is C19H18N2O5S. The molecule has 27 heavy (non-hydrogen) atoms. The van der Waals surface area contributed by atoms with Gasteiger partial charge in [0.05, 0.1) is 19.1 Å². The van der Waals surface area contributed by atoms with E-state index in [1.54, 1.807) is 44.2 Å². The molecule has 0 aliphatic rings. The number of rotatable bonds is 5. The third-order valence-electron chi connectivity index (χ3n) is 3.92. The van der Waals surface area contributed by atoms with Gasteiger partial charge in [-0.15, -0.1) is 11.3 Å². The topological polar surface area (TPSA) is 102 Å². The molecule has 8 heteroatoms. The predicted molar refractivity (Wildman–Crippen MR) is 105 cm³/mol. The highest BCUT2D eigenvalue weighted by atomic mass is 32.1. The number of ether oxygens (including phenoxy) is 2. The molecule has 7 nitrogen and oxygen atoms in total. The first-order valence-corrected chi connectivity index (χ1v) is 9.01. The molecule has 140 valence electrons. The number of thiophene rings is 1. The maximum absolute atomic E-state index is 12.4. The van der Waals surface area contributed by atoms with Gasteiger partial charge in [0.1, 0.15) is 15.5 Å². The second kappa shape index (κ2) is 7.63. The van der Waals surface area contributed by atoms with E-state index in [2.05, 4.69) is 9.97 Å². The van der Waals surface area contributed by atoms with Gasteiger partial charge in [0.25, 0.3) is 5.56 Å². The number of H-pyrrole nitrogens is 1. The summed E-state index contributed by atoms with van der Waals surface area (Å²) in [7, 11) is 1.47. The average molecular weight is 386 g/mol. The summed E-state index contributed by atoms with van der Waals surface area (Å²) >= 11 is 1.13. The number of fused-ring (bicyclic) bond motifs is 1. The first kappa shape index (κ1) is 18.7. The van der Waals surface area contributed by atoms with Crippen LogP contribution in [0, 0.1) is 6.92 Å². The number of hydrogen-bond acceptors (Lipinski definition) is 7. The van der Waals surface area contributed by atoms with Crippen LogP contribution >= 0.6 is 11.3 Å². The van der Waals surface area contributed by atoms with E-state index in [9.17, 15) is 14.7 Å². The van der Waals surface area contributed by atoms with E-state index in [1.807, 2.05) is 0 Å². The van der Waals surface area contributed by atoms with Gasteiger partial charge in [0.15, 0.2) is 11.5 Å². The van der Waals surface area contributed by atoms with Gasteiger partial charge in [0.2, 0.25) is 0 Å². The van der Waals surface area contributed by atoms with Gasteiger partial charge in [-0.1, -0.05) is 12.1 Å². The molecule has 0 bridgehead atoms. The van der Waals surface area contributed by atoms with Crippen LogP contribution in [0.1, 0.15) is 33.5 Å². The number of carbonyl (C=O) groups is 1. The second-order valence-corrected chi connectivity index (χ2v) is 6.67. The number of nitrogens with one attached hydrogen (secondary N) is 1. The van der Waals surface area contributed by atoms with Crippen LogP contribution in [0.15, 0.2) is 23.0 Å². The van der Waals surface area contributed by atoms with Gasteiger partial charge < -0.3 is 19.6 Å². The van der Waals surface area contributed by atoms with Crippen molar-refractivity contribution in [1.29, 1.82) is 0 Å². The minimum Gasteiger partial charge on any atom is -0.504 e. The maximum Gasteiger partial charge on any atom is 0.348 e. The number of benzene rings is 1. The number of esters is 1. The van der Waals surface area contributed by atoms with Crippen molar-refractivity contribution >= 4 is 39.7 Å². The molecule has 0 unspecified atom stereocenters. The lowest BCUT2D eigenvalue weighted by Crippen LogP contribution is -2.10. The highest BCUT2D eigenvalue weighted by molar-refractivity contribution is 7.20. The third kappa shape index (κ3) is 3.70. The Morgan fingerprint density at radius 2 is 2.15 bits per heavy atom. The smallest absolute Gasteiger partial charge is 0.348 e. The number of aryl methyl sites for hydroxylation is 1. The monoisotopic (exact) mass is 386 g/mol. The Balaban J connectivity index is 1.97. The summed E-state index contributed by atoms with van der Waals surface area (Å²) in [6, 6.07) is 4.95. The van der Waals surface area contributed by atoms with E-state index >= 15 is 0 Å². The van der Waals surface area contributed by atoms with Crippen LogP contribution in [0.2, 0.25) is 0 Å². The fourth-order valence-electron chi connectivity index (χ4n) is 2.62. The Bertz CT molecular complexity index is 1100. The lowest BCUT2D eigenvalue weighted by Gasteiger charge is -2.03. The van der Waals surface area contributed by atoms with E-state index in [-0.39, 0.29) is 17.9 Å². The second-order valence-electron chi connectivity index (χ2n) is 5.67. The molecule has 0 saturated heterocycles. The summed E-state index contributed by atoms with van der Waals surface area (Å²) in [6.07, 6.45) is 3.33. The van der Waals surface area contributed by atoms with Gasteiger partial charge in [-0.25, -0.2) is 9.78 Å². The molecule has 0 atom stereocenters. The van der Waals surface area contributed by atoms with Crippen molar-refractivity contribution in [3.63, 3.8) is 0 Å². The highest BCUT2D eigenvalue weighted by Gasteiger charge is 2.19. The largest absolute Gasteiger partial charge is 0.504 e. The zero-order chi connectivity index (χ0) is 19.6. The maximum atomic E-state index is 12.4. The number of hydrogen-bond donors (Lipinski definition) is 2. The molecule has 0 fully saturated rings. The van der Waals surface area contributed by atoms with E-state index in [0.717, 1.165) is 11.3 Å². The molecule has 0 spiro atoms. The zero-order valence-corrected chi connectivity index (χ0v) is 15.8. The summed E-state index contributed by atoms with van der Waals surface area (Å²) in [5, 5.41) is 10.2. The standard InChI is InChI=1S/C19H18N2O5S/c1-4-26-19(24)16-10(2)15-17(23)20-14(21-18(15)27-16)8-6-11-5-7-13(25-3)12(22)9-11/h5-9,22H,4H2,1-3H3,(H,20,21,23)/b8-6+. The molecule has 1 aromatic carbocycles. The predicted octanol–water partition coefficient (Wildman–Crippen LogP) is 3.35. The number of phenolic OH excluding ortho intramolecular Hbond substituents is 1. The van der Waals surface area contributed by atoms with Crippen molar-refractivity contribution in [2.75, 3.05) is 13.7 Å². The molecule has 2 N–H and O–H groups in total. The number of aromatic amines is 1. The lowest BCUT2D eigenvalue weighted by molar-refractivity contribution is 0.0531. The average Bonchev–Trinajstić information content (AvgIpc) is 2.97. The van der Waals surface area contributed by atoms with Crippen LogP contribution < -0.4 is 10.3 Å². The van der Waals surface area contributed by atoms with Crippen molar-refractivity contribution < 1.29 is 19.4 Å². The fraction of sp³-hybridized carbons (Fsp3) is 0.211. The van der Waals surface area contributed by atoms with Crippen LogP contribution in [0.5, 0.6) is 11.5 Å². The van der Waals surface area contributed by atoms with E-state index < -0.39 is 5.97 Å². The summed E-state index contributed by atoms with van der Waals surface area (Å²) in [6.45, 7) is 3.70. The molecule has 0 radical (unpaired) electrons. The molecule has 0 amide bonds. The first-order valence-electron chi connectivity index (χ1n) is 8.20. The summed E-state index contributed by atoms with van der Waals surface area (Å²) < 4.78 is 10.0. The fourth-order valence-corrected chi connectivity index (χ4v) is 3.70. The quantitative estimate of drug-likeness (QED) is 0.652. The molecular weight excluding hydrogens is 368 g/mol. The summed E-state index contributed by atoms with van der Waals surface area (Å²) in [5.41, 5.74) is 0.963. The number of methoxy groups -OCH3 is 1. The number of carbonyl (C=O) groups excluding carboxylic acids is 1. The van der Waals surface area contributed by atoms with Crippen molar-refractivity contribution in [2.45, 2.75) is 13.8 Å². The molecule has 3 rings (SSSR count). The Kier molecular flexibility index (Phi) is 5.27. The molecule has 2 heterocycles. The molecule has 2 aromatic heterocycles. The van der Waals surface area contributed by atoms with Crippen LogP contribution in [0.3, 0.4) is 0 Å². The number of phenols is 1. The summed E-state index contributed by atoms with van der Waals surface area (Å²) in [4.78, 5) is 32.4. The third-order valence-corrected chi connectivity index (χ3v) is 5.08. The van der Waals surface area contributed by atoms with Crippen LogP contribution in [-0.2, 0) is 4.74 Å². The van der Waals surface area contributed by atoms with Crippen molar-refractivity contribution in [3.8, 4) is 11.5 Å². The molecule has 3 aromatic rings. The van der Waals surface area contributed by atoms with Crippen LogP contribution in [0.25, 0.3) is 22.4 Å². The van der Waals surface area contributed by atoms with Gasteiger partial charge in [-0.2, -0.15) is 0 Å². The van der Waals surface area contributed by atoms with Crippen molar-refractivity contribution in [3.05, 3.63) is 50.4 Å². The zero-order valence-electron chi connectivity index (χ0n) is 15.0. The Hall–Kier alpha value is -3.13. The first-order chi connectivity index (χ1) is 12.9. The van der Waals surface area contributed by atoms with Crippen molar-refractivity contribution in [1.82, 2.24) is 9.97 Å². The number of aromatic nitrogens is 2. The minimum absolute atomic E-state index is 0.0181. The normalized spacial score (nSPS) is 11.2. The Morgan fingerprint density at radius 1 is 1.37 bits per heavy atom. The van der Waals surface area contributed by atoms with Crippen molar-refractivity contribution in [2.24, 2.45) is 0 Å². The lowest BCUT2D eigenvalue weighted by atomic mass is 10.2. The Labute approximate surface area is 158 Å². The highest BCUT2D eigenvalue weighted by Crippen LogP contribution is 2.29. The van der Waals surface area contributed by atoms with Crippen LogP contribution in [-0.4, -0.2) is 34.8 Å². The summed E-state index contributed by atoms with van der Waals surface area (Å²) in [5.74, 6) is 0.285. The van der Waals surface area contributed by atoms with E-state index in [0.29, 0.717) is 37.8 Å². The minimum atomic E-state index is -0.455.